The lowest BCUT2D eigenvalue weighted by Crippen LogP contribution is -2.40. The predicted molar refractivity (Wildman–Crippen MR) is 169 cm³/mol. The van der Waals surface area contributed by atoms with Gasteiger partial charge in [-0.05, 0) is 23.1 Å². The standard InChI is InChI=1S/C36H50O3S/c1-3-4-5-6-7-8-9-10-11-12-13-14-24-31-35(32-25-18-15-19-26-32)36(39-40(2,37)38,33-27-20-16-21-28-33)34-29-22-17-23-30-34/h15-23,25-30,35H,3-14,24,31H2,1-2H3. The molecule has 1 unspecified atom stereocenters. The number of rotatable bonds is 20. The van der Waals surface area contributed by atoms with E-state index in [9.17, 15) is 8.42 Å². The molecule has 0 spiro atoms. The van der Waals surface area contributed by atoms with E-state index >= 15 is 0 Å². The summed E-state index contributed by atoms with van der Waals surface area (Å²) in [5.41, 5.74) is 1.65. The van der Waals surface area contributed by atoms with E-state index in [0.29, 0.717) is 0 Å². The molecule has 0 amide bonds. The molecule has 3 nitrogen and oxygen atoms in total. The van der Waals surface area contributed by atoms with Gasteiger partial charge in [0.2, 0.25) is 0 Å². The fraction of sp³-hybridized carbons (Fsp3) is 0.500. The molecule has 1 atom stereocenters. The molecule has 0 aliphatic carbocycles. The molecule has 0 aromatic heterocycles. The fourth-order valence-corrected chi connectivity index (χ4v) is 6.78. The van der Waals surface area contributed by atoms with E-state index in [4.69, 9.17) is 4.18 Å². The molecular formula is C36H50O3S. The van der Waals surface area contributed by atoms with Gasteiger partial charge < -0.3 is 0 Å². The van der Waals surface area contributed by atoms with Crippen molar-refractivity contribution < 1.29 is 12.6 Å². The van der Waals surface area contributed by atoms with Crippen LogP contribution in [0.2, 0.25) is 0 Å². The average molecular weight is 563 g/mol. The zero-order valence-corrected chi connectivity index (χ0v) is 25.6. The maximum Gasteiger partial charge on any atom is 0.265 e. The van der Waals surface area contributed by atoms with Crippen molar-refractivity contribution >= 4 is 10.1 Å². The van der Waals surface area contributed by atoms with Crippen LogP contribution < -0.4 is 0 Å². The Bertz CT molecular complexity index is 1120. The Kier molecular flexibility index (Phi) is 14.0. The summed E-state index contributed by atoms with van der Waals surface area (Å²) in [5, 5.41) is 0. The van der Waals surface area contributed by atoms with E-state index < -0.39 is 15.7 Å². The van der Waals surface area contributed by atoms with Crippen molar-refractivity contribution in [2.24, 2.45) is 0 Å². The summed E-state index contributed by atoms with van der Waals surface area (Å²) in [7, 11) is -3.79. The van der Waals surface area contributed by atoms with E-state index in [1.54, 1.807) is 0 Å². The van der Waals surface area contributed by atoms with E-state index in [2.05, 4.69) is 19.1 Å². The first-order chi connectivity index (χ1) is 19.5. The second-order valence-electron chi connectivity index (χ2n) is 11.2. The van der Waals surface area contributed by atoms with Crippen LogP contribution in [-0.4, -0.2) is 14.7 Å². The highest BCUT2D eigenvalue weighted by atomic mass is 32.2. The lowest BCUT2D eigenvalue weighted by atomic mass is 9.71. The minimum atomic E-state index is -3.79. The highest BCUT2D eigenvalue weighted by Crippen LogP contribution is 2.49. The van der Waals surface area contributed by atoms with Gasteiger partial charge in [0.25, 0.3) is 10.1 Å². The van der Waals surface area contributed by atoms with Gasteiger partial charge in [0.15, 0.2) is 0 Å². The van der Waals surface area contributed by atoms with Crippen molar-refractivity contribution in [3.8, 4) is 0 Å². The Hall–Kier alpha value is -2.43. The molecule has 0 N–H and O–H groups in total. The van der Waals surface area contributed by atoms with E-state index in [1.165, 1.54) is 76.9 Å². The molecule has 0 saturated heterocycles. The number of hydrogen-bond donors (Lipinski definition) is 0. The second kappa shape index (κ2) is 17.4. The molecule has 3 rings (SSSR count). The van der Waals surface area contributed by atoms with Crippen LogP contribution in [0.5, 0.6) is 0 Å². The van der Waals surface area contributed by atoms with Crippen LogP contribution in [0.15, 0.2) is 91.0 Å². The van der Waals surface area contributed by atoms with E-state index in [0.717, 1.165) is 36.0 Å². The van der Waals surface area contributed by atoms with Crippen molar-refractivity contribution in [3.05, 3.63) is 108 Å². The van der Waals surface area contributed by atoms with Gasteiger partial charge >= 0.3 is 0 Å². The Morgan fingerprint density at radius 1 is 0.575 bits per heavy atom. The smallest absolute Gasteiger partial charge is 0.253 e. The zero-order valence-electron chi connectivity index (χ0n) is 24.8. The summed E-state index contributed by atoms with van der Waals surface area (Å²) in [6.45, 7) is 2.27. The first-order valence-electron chi connectivity index (χ1n) is 15.5. The summed E-state index contributed by atoms with van der Waals surface area (Å²) in [4.78, 5) is 0. The Labute approximate surface area is 244 Å². The molecule has 0 saturated carbocycles. The van der Waals surface area contributed by atoms with Gasteiger partial charge in [0.05, 0.1) is 6.26 Å². The summed E-state index contributed by atoms with van der Waals surface area (Å²) in [6, 6.07) is 30.1. The Balaban J connectivity index is 1.72. The van der Waals surface area contributed by atoms with Gasteiger partial charge in [0.1, 0.15) is 5.60 Å². The molecule has 4 heteroatoms. The molecular weight excluding hydrogens is 512 g/mol. The van der Waals surface area contributed by atoms with Crippen LogP contribution in [0.1, 0.15) is 119 Å². The molecule has 40 heavy (non-hydrogen) atoms. The van der Waals surface area contributed by atoms with E-state index in [-0.39, 0.29) is 5.92 Å². The molecule has 0 heterocycles. The largest absolute Gasteiger partial charge is 0.265 e. The zero-order chi connectivity index (χ0) is 28.5. The molecule has 3 aromatic rings. The number of benzene rings is 3. The lowest BCUT2D eigenvalue weighted by molar-refractivity contribution is 0.0818. The van der Waals surface area contributed by atoms with Crippen LogP contribution in [-0.2, 0) is 19.9 Å². The van der Waals surface area contributed by atoms with Crippen molar-refractivity contribution in [3.63, 3.8) is 0 Å². The first kappa shape index (κ1) is 32.1. The SMILES string of the molecule is CCCCCCCCCCCCCCCC(c1ccccc1)C(OS(C)(=O)=O)(c1ccccc1)c1ccccc1. The molecule has 0 radical (unpaired) electrons. The van der Waals surface area contributed by atoms with Crippen molar-refractivity contribution in [1.29, 1.82) is 0 Å². The van der Waals surface area contributed by atoms with Crippen LogP contribution in [0.25, 0.3) is 0 Å². The summed E-state index contributed by atoms with van der Waals surface area (Å²) < 4.78 is 32.0. The normalized spacial score (nSPS) is 12.8. The molecule has 0 aliphatic heterocycles. The van der Waals surface area contributed by atoms with Crippen molar-refractivity contribution in [1.82, 2.24) is 0 Å². The van der Waals surface area contributed by atoms with Gasteiger partial charge in [-0.1, -0.05) is 181 Å². The van der Waals surface area contributed by atoms with Crippen LogP contribution in [0.3, 0.4) is 0 Å². The van der Waals surface area contributed by atoms with Gasteiger partial charge in [-0.2, -0.15) is 8.42 Å². The number of unbranched alkanes of at least 4 members (excludes halogenated alkanes) is 12. The maximum absolute atomic E-state index is 12.9. The number of hydrogen-bond acceptors (Lipinski definition) is 3. The second-order valence-corrected chi connectivity index (χ2v) is 12.8. The highest BCUT2D eigenvalue weighted by molar-refractivity contribution is 7.86. The first-order valence-corrected chi connectivity index (χ1v) is 17.4. The van der Waals surface area contributed by atoms with Gasteiger partial charge in [-0.25, -0.2) is 0 Å². The lowest BCUT2D eigenvalue weighted by Gasteiger charge is -2.41. The van der Waals surface area contributed by atoms with Crippen molar-refractivity contribution in [2.45, 2.75) is 108 Å². The molecule has 218 valence electrons. The molecule has 0 bridgehead atoms. The van der Waals surface area contributed by atoms with Crippen molar-refractivity contribution in [2.75, 3.05) is 6.26 Å². The minimum Gasteiger partial charge on any atom is -0.253 e. The summed E-state index contributed by atoms with van der Waals surface area (Å²) in [5.74, 6) is -0.166. The van der Waals surface area contributed by atoms with Gasteiger partial charge in [0, 0.05) is 5.92 Å². The third kappa shape index (κ3) is 10.2. The Morgan fingerprint density at radius 2 is 0.950 bits per heavy atom. The molecule has 0 fully saturated rings. The molecule has 0 aliphatic rings. The average Bonchev–Trinajstić information content (AvgIpc) is 2.97. The van der Waals surface area contributed by atoms with Gasteiger partial charge in [-0.3, -0.25) is 4.18 Å². The van der Waals surface area contributed by atoms with Crippen LogP contribution >= 0.6 is 0 Å². The third-order valence-electron chi connectivity index (χ3n) is 7.98. The molecule has 3 aromatic carbocycles. The topological polar surface area (TPSA) is 43.4 Å². The minimum absolute atomic E-state index is 0.166. The highest BCUT2D eigenvalue weighted by Gasteiger charge is 2.46. The Morgan fingerprint density at radius 3 is 1.35 bits per heavy atom. The monoisotopic (exact) mass is 562 g/mol. The fourth-order valence-electron chi connectivity index (χ4n) is 5.99. The predicted octanol–water partition coefficient (Wildman–Crippen LogP) is 10.2. The van der Waals surface area contributed by atoms with Crippen LogP contribution in [0, 0.1) is 0 Å². The van der Waals surface area contributed by atoms with E-state index in [1.807, 2.05) is 78.9 Å². The third-order valence-corrected chi connectivity index (χ3v) is 8.54. The summed E-state index contributed by atoms with van der Waals surface area (Å²) in [6.07, 6.45) is 18.9. The van der Waals surface area contributed by atoms with Crippen LogP contribution in [0.4, 0.5) is 0 Å². The maximum atomic E-state index is 12.9. The quantitative estimate of drug-likeness (QED) is 0.102. The summed E-state index contributed by atoms with van der Waals surface area (Å²) >= 11 is 0. The van der Waals surface area contributed by atoms with Gasteiger partial charge in [-0.15, -0.1) is 0 Å².